The number of unbranched alkanes of at least 4 members (excludes halogenated alkanes) is 37. The Morgan fingerprint density at radius 2 is 0.807 bits per heavy atom. The molecule has 14 heteroatoms. The predicted molar refractivity (Wildman–Crippen MR) is 337 cm³/mol. The number of ether oxygens (including phenoxy) is 4. The first kappa shape index (κ1) is 77.0. The van der Waals surface area contributed by atoms with Gasteiger partial charge in [-0.3, -0.25) is 4.79 Å². The fourth-order valence-electron chi connectivity index (χ4n) is 11.2. The molecular formula is C69H127NO13. The SMILES string of the molecule is CCCCC/C=C\C/C=C\CCCCCCCCCC(=O)NC(COC1OC(CO)C(OC2OC(CO)C(O)C(O)C2O)C(O)C1O)C(O)/C=C/CC/C=C/CCCCCCCCCCCCCCCCCCCCCCCCCCCC. The monoisotopic (exact) mass is 1180 g/mol. The van der Waals surface area contributed by atoms with E-state index in [1.807, 2.05) is 6.08 Å². The van der Waals surface area contributed by atoms with E-state index in [0.29, 0.717) is 12.8 Å². The molecule has 1 amide bonds. The molecule has 14 nitrogen and oxygen atoms in total. The minimum Gasteiger partial charge on any atom is -0.394 e. The Balaban J connectivity index is 1.68. The fraction of sp³-hybridized carbons (Fsp3) is 0.870. The van der Waals surface area contributed by atoms with E-state index >= 15 is 0 Å². The smallest absolute Gasteiger partial charge is 0.220 e. The zero-order valence-electron chi connectivity index (χ0n) is 52.7. The van der Waals surface area contributed by atoms with Gasteiger partial charge < -0.3 is 65.1 Å². The normalized spacial score (nSPS) is 24.1. The number of carbonyl (C=O) groups excluding carboxylic acids is 1. The van der Waals surface area contributed by atoms with Crippen molar-refractivity contribution in [2.75, 3.05) is 19.8 Å². The van der Waals surface area contributed by atoms with Crippen LogP contribution >= 0.6 is 0 Å². The molecule has 0 spiro atoms. The molecule has 12 unspecified atom stereocenters. The second kappa shape index (κ2) is 54.1. The molecule has 0 aliphatic carbocycles. The van der Waals surface area contributed by atoms with Gasteiger partial charge in [-0.25, -0.2) is 0 Å². The summed E-state index contributed by atoms with van der Waals surface area (Å²) in [4.78, 5) is 13.3. The van der Waals surface area contributed by atoms with Crippen molar-refractivity contribution in [1.29, 1.82) is 0 Å². The van der Waals surface area contributed by atoms with E-state index < -0.39 is 86.8 Å². The third kappa shape index (κ3) is 38.8. The average Bonchev–Trinajstić information content (AvgIpc) is 3.65. The maximum Gasteiger partial charge on any atom is 0.220 e. The highest BCUT2D eigenvalue weighted by atomic mass is 16.7. The third-order valence-corrected chi connectivity index (χ3v) is 16.7. The number of hydrogen-bond donors (Lipinski definition) is 9. The van der Waals surface area contributed by atoms with Gasteiger partial charge in [0.2, 0.25) is 5.91 Å². The van der Waals surface area contributed by atoms with Crippen molar-refractivity contribution in [3.63, 3.8) is 0 Å². The van der Waals surface area contributed by atoms with E-state index in [4.69, 9.17) is 18.9 Å². The zero-order chi connectivity index (χ0) is 60.2. The van der Waals surface area contributed by atoms with E-state index in [1.54, 1.807) is 6.08 Å². The topological polar surface area (TPSA) is 228 Å². The number of aliphatic hydroxyl groups is 8. The van der Waals surface area contributed by atoms with Crippen LogP contribution in [0.15, 0.2) is 48.6 Å². The molecule has 0 aromatic rings. The molecule has 0 saturated carbocycles. The number of carbonyl (C=O) groups is 1. The number of amides is 1. The van der Waals surface area contributed by atoms with Gasteiger partial charge in [0, 0.05) is 6.42 Å². The van der Waals surface area contributed by atoms with Crippen LogP contribution in [0.1, 0.15) is 290 Å². The lowest BCUT2D eigenvalue weighted by atomic mass is 9.97. The zero-order valence-corrected chi connectivity index (χ0v) is 52.7. The molecule has 2 fully saturated rings. The Bertz CT molecular complexity index is 1580. The lowest BCUT2D eigenvalue weighted by Crippen LogP contribution is -2.65. The molecule has 83 heavy (non-hydrogen) atoms. The number of rotatable bonds is 56. The number of nitrogens with one attached hydrogen (secondary N) is 1. The van der Waals surface area contributed by atoms with Crippen LogP contribution in [-0.4, -0.2) is 140 Å². The minimum absolute atomic E-state index is 0.256. The Morgan fingerprint density at radius 1 is 0.434 bits per heavy atom. The Morgan fingerprint density at radius 3 is 1.28 bits per heavy atom. The van der Waals surface area contributed by atoms with Crippen LogP contribution in [0.25, 0.3) is 0 Å². The lowest BCUT2D eigenvalue weighted by Gasteiger charge is -2.46. The molecule has 9 N–H and O–H groups in total. The summed E-state index contributed by atoms with van der Waals surface area (Å²) in [6, 6.07) is -0.938. The number of aliphatic hydroxyl groups excluding tert-OH is 8. The van der Waals surface area contributed by atoms with Gasteiger partial charge in [0.25, 0.3) is 0 Å². The summed E-state index contributed by atoms with van der Waals surface area (Å²) in [7, 11) is 0. The average molecular weight is 1180 g/mol. The molecule has 12 atom stereocenters. The first-order valence-corrected chi connectivity index (χ1v) is 34.4. The van der Waals surface area contributed by atoms with Crippen molar-refractivity contribution >= 4 is 5.91 Å². The minimum atomic E-state index is -1.79. The largest absolute Gasteiger partial charge is 0.394 e. The fourth-order valence-corrected chi connectivity index (χ4v) is 11.2. The van der Waals surface area contributed by atoms with Crippen LogP contribution in [0, 0.1) is 0 Å². The van der Waals surface area contributed by atoms with Crippen molar-refractivity contribution in [2.45, 2.75) is 364 Å². The van der Waals surface area contributed by atoms with Crippen LogP contribution in [0.3, 0.4) is 0 Å². The summed E-state index contributed by atoms with van der Waals surface area (Å²) in [5, 5.41) is 87.3. The van der Waals surface area contributed by atoms with E-state index in [0.717, 1.165) is 51.4 Å². The van der Waals surface area contributed by atoms with Crippen molar-refractivity contribution in [2.24, 2.45) is 0 Å². The molecule has 2 saturated heterocycles. The molecule has 2 aliphatic rings. The summed E-state index contributed by atoms with van der Waals surface area (Å²) < 4.78 is 22.8. The highest BCUT2D eigenvalue weighted by Gasteiger charge is 2.51. The lowest BCUT2D eigenvalue weighted by molar-refractivity contribution is -0.359. The van der Waals surface area contributed by atoms with Gasteiger partial charge in [-0.05, 0) is 64.2 Å². The number of hydrogen-bond acceptors (Lipinski definition) is 13. The second-order valence-electron chi connectivity index (χ2n) is 24.3. The molecule has 0 aromatic heterocycles. The van der Waals surface area contributed by atoms with E-state index in [2.05, 4.69) is 55.6 Å². The summed E-state index contributed by atoms with van der Waals surface area (Å²) >= 11 is 0. The van der Waals surface area contributed by atoms with Gasteiger partial charge >= 0.3 is 0 Å². The highest BCUT2D eigenvalue weighted by molar-refractivity contribution is 5.76. The van der Waals surface area contributed by atoms with Gasteiger partial charge in [0.1, 0.15) is 48.8 Å². The van der Waals surface area contributed by atoms with E-state index in [1.165, 1.54) is 205 Å². The third-order valence-electron chi connectivity index (χ3n) is 16.7. The van der Waals surface area contributed by atoms with Crippen LogP contribution in [0.4, 0.5) is 0 Å². The van der Waals surface area contributed by atoms with E-state index in [-0.39, 0.29) is 18.9 Å². The maximum atomic E-state index is 13.3. The van der Waals surface area contributed by atoms with Crippen LogP contribution in [0.5, 0.6) is 0 Å². The van der Waals surface area contributed by atoms with Crippen LogP contribution in [0.2, 0.25) is 0 Å². The molecule has 0 aromatic carbocycles. The molecule has 2 aliphatic heterocycles. The second-order valence-corrected chi connectivity index (χ2v) is 24.3. The highest BCUT2D eigenvalue weighted by Crippen LogP contribution is 2.30. The first-order valence-electron chi connectivity index (χ1n) is 34.4. The van der Waals surface area contributed by atoms with Crippen molar-refractivity contribution in [3.05, 3.63) is 48.6 Å². The van der Waals surface area contributed by atoms with Gasteiger partial charge in [0.15, 0.2) is 12.6 Å². The van der Waals surface area contributed by atoms with Gasteiger partial charge in [-0.2, -0.15) is 0 Å². The van der Waals surface area contributed by atoms with Crippen molar-refractivity contribution in [3.8, 4) is 0 Å². The van der Waals surface area contributed by atoms with Crippen molar-refractivity contribution < 1.29 is 64.6 Å². The van der Waals surface area contributed by atoms with Crippen LogP contribution < -0.4 is 5.32 Å². The predicted octanol–water partition coefficient (Wildman–Crippen LogP) is 13.5. The summed E-state index contributed by atoms with van der Waals surface area (Å²) in [5.74, 6) is -0.256. The van der Waals surface area contributed by atoms with Crippen LogP contribution in [-0.2, 0) is 23.7 Å². The molecule has 486 valence electrons. The Kier molecular flexibility index (Phi) is 50.2. The molecule has 2 rings (SSSR count). The van der Waals surface area contributed by atoms with Crippen molar-refractivity contribution in [1.82, 2.24) is 5.32 Å². The standard InChI is InChI=1S/C69H127NO13/c1-3-5-7-9-11-13-15-17-19-21-22-23-24-25-26-27-28-29-30-31-32-33-34-35-37-38-40-42-44-46-48-50-52-58(73)57(70-61(74)53-51-49-47-45-43-41-39-36-20-18-16-14-12-10-8-6-4-2)56-80-68-66(79)64(77)67(60(55-72)82-68)83-69-65(78)63(76)62(75)59(54-71)81-69/h12,14,18,20,42,44,50,52,57-60,62-69,71-73,75-79H,3-11,13,15-17,19,21-41,43,45-49,51,53-56H2,1-2H3,(H,70,74)/b14-12-,20-18-,44-42+,52-50+. The maximum absolute atomic E-state index is 13.3. The molecule has 0 bridgehead atoms. The first-order chi connectivity index (χ1) is 40.6. The molecular weight excluding hydrogens is 1050 g/mol. The summed E-state index contributed by atoms with van der Waals surface area (Å²) in [5.41, 5.74) is 0. The Hall–Kier alpha value is -2.05. The van der Waals surface area contributed by atoms with Gasteiger partial charge in [-0.1, -0.05) is 268 Å². The van der Waals surface area contributed by atoms with Gasteiger partial charge in [-0.15, -0.1) is 0 Å². The Labute approximate surface area is 505 Å². The quantitative estimate of drug-likeness (QED) is 0.0204. The summed E-state index contributed by atoms with van der Waals surface area (Å²) in [6.45, 7) is 2.78. The molecule has 0 radical (unpaired) electrons. The number of allylic oxidation sites excluding steroid dienone is 7. The molecule has 2 heterocycles. The van der Waals surface area contributed by atoms with E-state index in [9.17, 15) is 45.6 Å². The summed E-state index contributed by atoms with van der Waals surface area (Å²) in [6.07, 6.45) is 53.2. The van der Waals surface area contributed by atoms with Gasteiger partial charge in [0.05, 0.1) is 32.0 Å².